The second-order valence-electron chi connectivity index (χ2n) is 3.65. The van der Waals surface area contributed by atoms with Crippen LogP contribution in [0.4, 0.5) is 4.79 Å². The van der Waals surface area contributed by atoms with Crippen LogP contribution in [0.25, 0.3) is 0 Å². The van der Waals surface area contributed by atoms with E-state index in [0.717, 1.165) is 17.7 Å². The van der Waals surface area contributed by atoms with Crippen molar-refractivity contribution >= 4 is 11.9 Å². The standard InChI is InChI=1S/C9H16N2O2/c1-4-6(2)5-7-8(12)11(3)9(13)10-7/h6-7H,4-5H2,1-3H3,(H,10,13). The molecule has 0 saturated carbocycles. The highest BCUT2D eigenvalue weighted by Crippen LogP contribution is 2.15. The Bertz CT molecular complexity index is 228. The summed E-state index contributed by atoms with van der Waals surface area (Å²) < 4.78 is 0. The Labute approximate surface area is 78.3 Å². The van der Waals surface area contributed by atoms with E-state index >= 15 is 0 Å². The molecule has 0 spiro atoms. The van der Waals surface area contributed by atoms with Crippen molar-refractivity contribution in [3.05, 3.63) is 0 Å². The van der Waals surface area contributed by atoms with Crippen LogP contribution >= 0.6 is 0 Å². The van der Waals surface area contributed by atoms with Crippen LogP contribution in [0.5, 0.6) is 0 Å². The first-order valence-corrected chi connectivity index (χ1v) is 4.64. The molecule has 0 aliphatic carbocycles. The zero-order valence-electron chi connectivity index (χ0n) is 8.33. The summed E-state index contributed by atoms with van der Waals surface area (Å²) in [5, 5.41) is 2.66. The minimum Gasteiger partial charge on any atom is -0.326 e. The number of urea groups is 1. The van der Waals surface area contributed by atoms with Crippen molar-refractivity contribution in [2.45, 2.75) is 32.7 Å². The van der Waals surface area contributed by atoms with Crippen LogP contribution in [0.3, 0.4) is 0 Å². The molecule has 1 fully saturated rings. The molecule has 4 nitrogen and oxygen atoms in total. The van der Waals surface area contributed by atoms with Crippen molar-refractivity contribution in [1.29, 1.82) is 0 Å². The molecule has 2 atom stereocenters. The van der Waals surface area contributed by atoms with Crippen molar-refractivity contribution < 1.29 is 9.59 Å². The third kappa shape index (κ3) is 1.99. The van der Waals surface area contributed by atoms with E-state index in [1.165, 1.54) is 7.05 Å². The van der Waals surface area contributed by atoms with E-state index in [1.807, 2.05) is 0 Å². The molecule has 0 aromatic carbocycles. The molecular formula is C9H16N2O2. The smallest absolute Gasteiger partial charge is 0.324 e. The molecule has 1 aliphatic rings. The van der Waals surface area contributed by atoms with Crippen molar-refractivity contribution in [3.8, 4) is 0 Å². The Hall–Kier alpha value is -1.06. The minimum absolute atomic E-state index is 0.106. The maximum atomic E-state index is 11.4. The first-order chi connectivity index (χ1) is 6.06. The van der Waals surface area contributed by atoms with Crippen LogP contribution in [0.2, 0.25) is 0 Å². The molecule has 2 unspecified atom stereocenters. The lowest BCUT2D eigenvalue weighted by Gasteiger charge is -2.12. The van der Waals surface area contributed by atoms with E-state index in [4.69, 9.17) is 0 Å². The van der Waals surface area contributed by atoms with Gasteiger partial charge in [-0.2, -0.15) is 0 Å². The first-order valence-electron chi connectivity index (χ1n) is 4.64. The summed E-state index contributed by atoms with van der Waals surface area (Å²) in [6, 6.07) is -0.578. The first kappa shape index (κ1) is 10.0. The number of amides is 3. The summed E-state index contributed by atoms with van der Waals surface area (Å²) >= 11 is 0. The van der Waals surface area contributed by atoms with Crippen molar-refractivity contribution in [3.63, 3.8) is 0 Å². The predicted octanol–water partition coefficient (Wildman–Crippen LogP) is 0.973. The molecule has 4 heteroatoms. The number of hydrogen-bond acceptors (Lipinski definition) is 2. The Morgan fingerprint density at radius 2 is 2.15 bits per heavy atom. The van der Waals surface area contributed by atoms with Crippen LogP contribution in [0, 0.1) is 5.92 Å². The zero-order valence-corrected chi connectivity index (χ0v) is 8.33. The van der Waals surface area contributed by atoms with Gasteiger partial charge in [-0.15, -0.1) is 0 Å². The number of carbonyl (C=O) groups is 2. The Balaban J connectivity index is 2.54. The minimum atomic E-state index is -0.299. The van der Waals surface area contributed by atoms with E-state index < -0.39 is 0 Å². The summed E-state index contributed by atoms with van der Waals surface area (Å²) in [6.07, 6.45) is 1.77. The van der Waals surface area contributed by atoms with Crippen LogP contribution < -0.4 is 5.32 Å². The molecule has 0 bridgehead atoms. The SMILES string of the molecule is CCC(C)CC1NC(=O)N(C)C1=O. The van der Waals surface area contributed by atoms with Gasteiger partial charge in [-0.3, -0.25) is 9.69 Å². The second kappa shape index (κ2) is 3.77. The van der Waals surface area contributed by atoms with E-state index in [1.54, 1.807) is 0 Å². The number of nitrogens with zero attached hydrogens (tertiary/aromatic N) is 1. The highest BCUT2D eigenvalue weighted by molar-refractivity contribution is 6.03. The number of nitrogens with one attached hydrogen (secondary N) is 1. The third-order valence-corrected chi connectivity index (χ3v) is 2.57. The molecule has 13 heavy (non-hydrogen) atoms. The Morgan fingerprint density at radius 1 is 1.54 bits per heavy atom. The molecule has 0 aromatic heterocycles. The summed E-state index contributed by atoms with van der Waals surface area (Å²) in [5.41, 5.74) is 0. The normalized spacial score (nSPS) is 24.8. The number of carbonyl (C=O) groups excluding carboxylic acids is 2. The van der Waals surface area contributed by atoms with Crippen LogP contribution in [0.1, 0.15) is 26.7 Å². The molecule has 74 valence electrons. The van der Waals surface area contributed by atoms with Gasteiger partial charge in [-0.1, -0.05) is 20.3 Å². The van der Waals surface area contributed by atoms with Crippen molar-refractivity contribution in [1.82, 2.24) is 10.2 Å². The predicted molar refractivity (Wildman–Crippen MR) is 49.2 cm³/mol. The van der Waals surface area contributed by atoms with Gasteiger partial charge < -0.3 is 5.32 Å². The summed E-state index contributed by atoms with van der Waals surface area (Å²) in [6.45, 7) is 4.16. The fourth-order valence-corrected chi connectivity index (χ4v) is 1.37. The number of likely N-dealkylation sites (N-methyl/N-ethyl adjacent to an activating group) is 1. The van der Waals surface area contributed by atoms with Crippen LogP contribution in [-0.4, -0.2) is 29.9 Å². The van der Waals surface area contributed by atoms with E-state index in [2.05, 4.69) is 19.2 Å². The molecule has 0 aromatic rings. The topological polar surface area (TPSA) is 49.4 Å². The monoisotopic (exact) mass is 184 g/mol. The molecular weight excluding hydrogens is 168 g/mol. The lowest BCUT2D eigenvalue weighted by molar-refractivity contribution is -0.126. The van der Waals surface area contributed by atoms with Gasteiger partial charge >= 0.3 is 6.03 Å². The molecule has 3 amide bonds. The van der Waals surface area contributed by atoms with Gasteiger partial charge in [-0.05, 0) is 12.3 Å². The highest BCUT2D eigenvalue weighted by Gasteiger charge is 2.35. The molecule has 1 saturated heterocycles. The lowest BCUT2D eigenvalue weighted by Crippen LogP contribution is -2.30. The van der Waals surface area contributed by atoms with Gasteiger partial charge in [-0.25, -0.2) is 4.79 Å². The second-order valence-corrected chi connectivity index (χ2v) is 3.65. The average molecular weight is 184 g/mol. The summed E-state index contributed by atoms with van der Waals surface area (Å²) in [5.74, 6) is 0.367. The maximum Gasteiger partial charge on any atom is 0.324 e. The average Bonchev–Trinajstić information content (AvgIpc) is 2.34. The van der Waals surface area contributed by atoms with Gasteiger partial charge in [0, 0.05) is 7.05 Å². The van der Waals surface area contributed by atoms with E-state index in [-0.39, 0.29) is 18.0 Å². The maximum absolute atomic E-state index is 11.4. The lowest BCUT2D eigenvalue weighted by atomic mass is 9.99. The largest absolute Gasteiger partial charge is 0.326 e. The van der Waals surface area contributed by atoms with Gasteiger partial charge in [0.05, 0.1) is 0 Å². The van der Waals surface area contributed by atoms with Gasteiger partial charge in [0.15, 0.2) is 0 Å². The van der Waals surface area contributed by atoms with Crippen molar-refractivity contribution in [2.75, 3.05) is 7.05 Å². The molecule has 1 rings (SSSR count). The van der Waals surface area contributed by atoms with Gasteiger partial charge in [0.25, 0.3) is 5.91 Å². The Morgan fingerprint density at radius 3 is 2.54 bits per heavy atom. The number of rotatable bonds is 3. The molecule has 0 radical (unpaired) electrons. The summed E-state index contributed by atoms with van der Waals surface area (Å²) in [4.78, 5) is 23.6. The number of imide groups is 1. The van der Waals surface area contributed by atoms with Crippen LogP contribution in [-0.2, 0) is 4.79 Å². The quantitative estimate of drug-likeness (QED) is 0.664. The Kier molecular flexibility index (Phi) is 2.90. The molecule has 1 N–H and O–H groups in total. The molecule has 1 heterocycles. The van der Waals surface area contributed by atoms with Gasteiger partial charge in [0.1, 0.15) is 6.04 Å². The zero-order chi connectivity index (χ0) is 10.0. The summed E-state index contributed by atoms with van der Waals surface area (Å²) in [7, 11) is 1.51. The molecule has 1 aliphatic heterocycles. The highest BCUT2D eigenvalue weighted by atomic mass is 16.2. The van der Waals surface area contributed by atoms with Gasteiger partial charge in [0.2, 0.25) is 0 Å². The van der Waals surface area contributed by atoms with E-state index in [0.29, 0.717) is 5.92 Å². The number of hydrogen-bond donors (Lipinski definition) is 1. The fourth-order valence-electron chi connectivity index (χ4n) is 1.37. The van der Waals surface area contributed by atoms with Crippen LogP contribution in [0.15, 0.2) is 0 Å². The van der Waals surface area contributed by atoms with E-state index in [9.17, 15) is 9.59 Å². The fraction of sp³-hybridized carbons (Fsp3) is 0.778. The third-order valence-electron chi connectivity index (χ3n) is 2.57. The van der Waals surface area contributed by atoms with Crippen molar-refractivity contribution in [2.24, 2.45) is 5.92 Å².